The van der Waals surface area contributed by atoms with Crippen LogP contribution >= 0.6 is 0 Å². The van der Waals surface area contributed by atoms with Gasteiger partial charge in [-0.15, -0.1) is 0 Å². The minimum absolute atomic E-state index is 0.0647. The fourth-order valence-electron chi connectivity index (χ4n) is 3.05. The van der Waals surface area contributed by atoms with Crippen molar-refractivity contribution < 1.29 is 9.47 Å². The predicted octanol–water partition coefficient (Wildman–Crippen LogP) is 2.70. The lowest BCUT2D eigenvalue weighted by molar-refractivity contribution is 0.122. The van der Waals surface area contributed by atoms with Crippen LogP contribution in [-0.2, 0) is 4.74 Å². The fourth-order valence-corrected chi connectivity index (χ4v) is 3.05. The highest BCUT2D eigenvalue weighted by Crippen LogP contribution is 2.35. The number of ether oxygens (including phenoxy) is 2. The highest BCUT2D eigenvalue weighted by molar-refractivity contribution is 5.83. The summed E-state index contributed by atoms with van der Waals surface area (Å²) in [7, 11) is 0. The lowest BCUT2D eigenvalue weighted by atomic mass is 9.96. The van der Waals surface area contributed by atoms with Crippen LogP contribution in [0.2, 0.25) is 0 Å². The van der Waals surface area contributed by atoms with Crippen molar-refractivity contribution in [2.24, 2.45) is 0 Å². The molecule has 0 saturated carbocycles. The molecule has 1 aromatic heterocycles. The average molecular weight is 363 g/mol. The quantitative estimate of drug-likeness (QED) is 0.870. The van der Waals surface area contributed by atoms with E-state index in [0.29, 0.717) is 25.4 Å². The Labute approximate surface area is 158 Å². The Hall–Kier alpha value is -3.29. The second kappa shape index (κ2) is 8.39. The van der Waals surface area contributed by atoms with E-state index in [1.54, 1.807) is 0 Å². The van der Waals surface area contributed by atoms with Gasteiger partial charge in [-0.25, -0.2) is 0 Å². The second-order valence-electron chi connectivity index (χ2n) is 6.15. The van der Waals surface area contributed by atoms with Gasteiger partial charge in [0.15, 0.2) is 0 Å². The third-order valence-electron chi connectivity index (χ3n) is 4.39. The number of morpholine rings is 1. The smallest absolute Gasteiger partial charge is 0.234 e. The number of nitrogens with two attached hydrogens (primary N) is 1. The maximum Gasteiger partial charge on any atom is 0.234 e. The molecule has 7 nitrogen and oxygen atoms in total. The molecule has 0 aliphatic carbocycles. The lowest BCUT2D eigenvalue weighted by Gasteiger charge is -2.29. The minimum atomic E-state index is 0.0647. The van der Waals surface area contributed by atoms with E-state index in [9.17, 15) is 10.5 Å². The van der Waals surface area contributed by atoms with Crippen molar-refractivity contribution in [3.05, 3.63) is 35.4 Å². The SMILES string of the molecule is CCCOc1nc(N)c(C#N)c(-c2ccc(N3CCOCC3)cc2)c1C#N. The van der Waals surface area contributed by atoms with Crippen LogP contribution in [-0.4, -0.2) is 37.9 Å². The first-order valence-electron chi connectivity index (χ1n) is 8.89. The van der Waals surface area contributed by atoms with Gasteiger partial charge >= 0.3 is 0 Å². The molecular weight excluding hydrogens is 342 g/mol. The van der Waals surface area contributed by atoms with Crippen molar-refractivity contribution in [3.8, 4) is 29.1 Å². The van der Waals surface area contributed by atoms with E-state index in [1.165, 1.54) is 0 Å². The van der Waals surface area contributed by atoms with Crippen molar-refractivity contribution in [2.45, 2.75) is 13.3 Å². The van der Waals surface area contributed by atoms with Crippen LogP contribution in [0.15, 0.2) is 24.3 Å². The summed E-state index contributed by atoms with van der Waals surface area (Å²) in [6.45, 7) is 5.47. The molecule has 1 aromatic carbocycles. The fraction of sp³-hybridized carbons (Fsp3) is 0.350. The first-order chi connectivity index (χ1) is 13.2. The summed E-state index contributed by atoms with van der Waals surface area (Å²) < 4.78 is 11.0. The van der Waals surface area contributed by atoms with Gasteiger partial charge in [-0.3, -0.25) is 0 Å². The molecule has 2 heterocycles. The standard InChI is InChI=1S/C20H21N5O2/c1-2-9-27-20-17(13-22)18(16(12-21)19(23)24-20)14-3-5-15(6-4-14)25-7-10-26-11-8-25/h3-6H,2,7-11H2,1H3,(H2,23,24). The highest BCUT2D eigenvalue weighted by atomic mass is 16.5. The topological polar surface area (TPSA) is 108 Å². The molecule has 138 valence electrons. The van der Waals surface area contributed by atoms with Crippen LogP contribution in [0.3, 0.4) is 0 Å². The zero-order valence-corrected chi connectivity index (χ0v) is 15.2. The molecule has 0 amide bonds. The van der Waals surface area contributed by atoms with Crippen LogP contribution in [0.5, 0.6) is 5.88 Å². The summed E-state index contributed by atoms with van der Waals surface area (Å²) in [6.07, 6.45) is 0.774. The Morgan fingerprint density at radius 3 is 2.41 bits per heavy atom. The minimum Gasteiger partial charge on any atom is -0.477 e. The van der Waals surface area contributed by atoms with Gasteiger partial charge in [0, 0.05) is 24.3 Å². The average Bonchev–Trinajstić information content (AvgIpc) is 2.72. The number of nitrogen functional groups attached to an aromatic ring is 1. The molecule has 0 unspecified atom stereocenters. The van der Waals surface area contributed by atoms with E-state index in [0.717, 1.165) is 30.8 Å². The van der Waals surface area contributed by atoms with Gasteiger partial charge in [-0.1, -0.05) is 19.1 Å². The Morgan fingerprint density at radius 2 is 1.81 bits per heavy atom. The summed E-state index contributed by atoms with van der Waals surface area (Å²) in [5.74, 6) is 0.234. The molecule has 1 aliphatic rings. The number of nitriles is 2. The first-order valence-corrected chi connectivity index (χ1v) is 8.89. The van der Waals surface area contributed by atoms with Crippen molar-refractivity contribution in [2.75, 3.05) is 43.5 Å². The zero-order chi connectivity index (χ0) is 19.2. The molecule has 0 bridgehead atoms. The molecule has 2 aromatic rings. The first kappa shape index (κ1) is 18.5. The summed E-state index contributed by atoms with van der Waals surface area (Å²) in [5.41, 5.74) is 8.66. The normalized spacial score (nSPS) is 13.7. The maximum atomic E-state index is 9.69. The third kappa shape index (κ3) is 3.79. The van der Waals surface area contributed by atoms with E-state index in [2.05, 4.69) is 22.0 Å². The molecule has 7 heteroatoms. The van der Waals surface area contributed by atoms with E-state index >= 15 is 0 Å². The van der Waals surface area contributed by atoms with E-state index in [-0.39, 0.29) is 22.8 Å². The number of pyridine rings is 1. The van der Waals surface area contributed by atoms with Crippen LogP contribution in [0, 0.1) is 22.7 Å². The summed E-state index contributed by atoms with van der Waals surface area (Å²) in [5, 5.41) is 19.3. The molecule has 27 heavy (non-hydrogen) atoms. The van der Waals surface area contributed by atoms with Crippen molar-refractivity contribution in [1.29, 1.82) is 10.5 Å². The maximum absolute atomic E-state index is 9.69. The molecule has 1 aliphatic heterocycles. The van der Waals surface area contributed by atoms with Gasteiger partial charge in [-0.05, 0) is 24.1 Å². The third-order valence-corrected chi connectivity index (χ3v) is 4.39. The number of nitrogens with zero attached hydrogens (tertiary/aromatic N) is 4. The molecule has 2 N–H and O–H groups in total. The Kier molecular flexibility index (Phi) is 5.75. The van der Waals surface area contributed by atoms with Gasteiger partial charge in [0.2, 0.25) is 5.88 Å². The van der Waals surface area contributed by atoms with Gasteiger partial charge in [0.05, 0.1) is 19.8 Å². The van der Waals surface area contributed by atoms with Crippen LogP contribution in [0.4, 0.5) is 11.5 Å². The summed E-state index contributed by atoms with van der Waals surface area (Å²) in [4.78, 5) is 6.35. The number of hydrogen-bond donors (Lipinski definition) is 1. The number of aromatic nitrogens is 1. The van der Waals surface area contributed by atoms with Gasteiger partial charge < -0.3 is 20.1 Å². The molecule has 0 atom stereocenters. The molecule has 0 radical (unpaired) electrons. The number of benzene rings is 1. The van der Waals surface area contributed by atoms with Crippen LogP contribution < -0.4 is 15.4 Å². The molecule has 0 spiro atoms. The van der Waals surface area contributed by atoms with Gasteiger partial charge in [-0.2, -0.15) is 15.5 Å². The Morgan fingerprint density at radius 1 is 1.15 bits per heavy atom. The van der Waals surface area contributed by atoms with Crippen LogP contribution in [0.25, 0.3) is 11.1 Å². The monoisotopic (exact) mass is 363 g/mol. The Balaban J connectivity index is 2.05. The number of rotatable bonds is 5. The van der Waals surface area contributed by atoms with Crippen LogP contribution in [0.1, 0.15) is 24.5 Å². The van der Waals surface area contributed by atoms with Crippen molar-refractivity contribution in [1.82, 2.24) is 4.98 Å². The van der Waals surface area contributed by atoms with E-state index < -0.39 is 0 Å². The predicted molar refractivity (Wildman–Crippen MR) is 102 cm³/mol. The van der Waals surface area contributed by atoms with Crippen molar-refractivity contribution in [3.63, 3.8) is 0 Å². The van der Waals surface area contributed by atoms with Gasteiger partial charge in [0.1, 0.15) is 29.1 Å². The number of anilines is 2. The van der Waals surface area contributed by atoms with Crippen molar-refractivity contribution >= 4 is 11.5 Å². The zero-order valence-electron chi connectivity index (χ0n) is 15.2. The summed E-state index contributed by atoms with van der Waals surface area (Å²) in [6, 6.07) is 12.0. The second-order valence-corrected chi connectivity index (χ2v) is 6.15. The van der Waals surface area contributed by atoms with E-state index in [4.69, 9.17) is 15.2 Å². The number of hydrogen-bond acceptors (Lipinski definition) is 7. The lowest BCUT2D eigenvalue weighted by Crippen LogP contribution is -2.36. The summed E-state index contributed by atoms with van der Waals surface area (Å²) >= 11 is 0. The molecule has 3 rings (SSSR count). The largest absolute Gasteiger partial charge is 0.477 e. The molecular formula is C20H21N5O2. The highest BCUT2D eigenvalue weighted by Gasteiger charge is 2.21. The Bertz CT molecular complexity index is 891. The van der Waals surface area contributed by atoms with Gasteiger partial charge in [0.25, 0.3) is 0 Å². The molecule has 1 fully saturated rings. The molecule has 1 saturated heterocycles. The van der Waals surface area contributed by atoms with E-state index in [1.807, 2.05) is 31.2 Å².